The standard InChI is InChI=1S/C16H17NO4/c18-15-7-5-14(6-8-15)12-21-16(19)20-10-2-4-13-3-1-9-17-11-13/h1,3,5-9,11,18H,2,4,10,12H2. The van der Waals surface area contributed by atoms with Crippen LogP contribution in [0.25, 0.3) is 0 Å². The number of carbonyl (C=O) groups excluding carboxylic acids is 1. The van der Waals surface area contributed by atoms with Gasteiger partial charge in [-0.2, -0.15) is 0 Å². The summed E-state index contributed by atoms with van der Waals surface area (Å²) in [6.07, 6.45) is 4.36. The van der Waals surface area contributed by atoms with Crippen molar-refractivity contribution in [1.82, 2.24) is 4.98 Å². The van der Waals surface area contributed by atoms with E-state index >= 15 is 0 Å². The first-order valence-corrected chi connectivity index (χ1v) is 6.70. The Morgan fingerprint density at radius 1 is 1.10 bits per heavy atom. The van der Waals surface area contributed by atoms with Gasteiger partial charge in [0.05, 0.1) is 6.61 Å². The SMILES string of the molecule is O=C(OCCCc1cccnc1)OCc1ccc(O)cc1. The van der Waals surface area contributed by atoms with Crippen LogP contribution in [0.1, 0.15) is 17.5 Å². The second kappa shape index (κ2) is 7.89. The Morgan fingerprint density at radius 3 is 2.62 bits per heavy atom. The van der Waals surface area contributed by atoms with E-state index in [1.54, 1.807) is 24.5 Å². The molecule has 21 heavy (non-hydrogen) atoms. The van der Waals surface area contributed by atoms with E-state index in [-0.39, 0.29) is 12.4 Å². The lowest BCUT2D eigenvalue weighted by Gasteiger charge is -2.06. The Kier molecular flexibility index (Phi) is 5.58. The van der Waals surface area contributed by atoms with Crippen LogP contribution in [-0.2, 0) is 22.5 Å². The van der Waals surface area contributed by atoms with E-state index in [4.69, 9.17) is 14.6 Å². The van der Waals surface area contributed by atoms with Crippen LogP contribution in [0.3, 0.4) is 0 Å². The molecule has 0 saturated heterocycles. The summed E-state index contributed by atoms with van der Waals surface area (Å²) in [4.78, 5) is 15.4. The molecule has 0 amide bonds. The van der Waals surface area contributed by atoms with Crippen LogP contribution in [0.2, 0.25) is 0 Å². The highest BCUT2D eigenvalue weighted by Gasteiger charge is 2.04. The molecule has 110 valence electrons. The van der Waals surface area contributed by atoms with Crippen molar-refractivity contribution < 1.29 is 19.4 Å². The van der Waals surface area contributed by atoms with Crippen LogP contribution in [0.15, 0.2) is 48.8 Å². The molecule has 1 aromatic heterocycles. The number of carbonyl (C=O) groups is 1. The number of pyridine rings is 1. The maximum atomic E-state index is 11.4. The first kappa shape index (κ1) is 14.8. The molecule has 0 fully saturated rings. The molecule has 0 unspecified atom stereocenters. The van der Waals surface area contributed by atoms with Crippen LogP contribution in [-0.4, -0.2) is 22.9 Å². The number of ether oxygens (including phenoxy) is 2. The topological polar surface area (TPSA) is 68.7 Å². The smallest absolute Gasteiger partial charge is 0.508 e. The van der Waals surface area contributed by atoms with Crippen LogP contribution < -0.4 is 0 Å². The number of phenolic OH excluding ortho intramolecular Hbond substituents is 1. The zero-order chi connectivity index (χ0) is 14.9. The molecule has 0 aliphatic carbocycles. The largest absolute Gasteiger partial charge is 0.508 e. The summed E-state index contributed by atoms with van der Waals surface area (Å²) in [6.45, 7) is 0.436. The number of benzene rings is 1. The lowest BCUT2D eigenvalue weighted by Crippen LogP contribution is -2.09. The quantitative estimate of drug-likeness (QED) is 0.653. The van der Waals surface area contributed by atoms with Crippen molar-refractivity contribution in [2.45, 2.75) is 19.4 Å². The number of phenols is 1. The van der Waals surface area contributed by atoms with Crippen LogP contribution in [0.4, 0.5) is 4.79 Å². The molecule has 2 rings (SSSR count). The summed E-state index contributed by atoms with van der Waals surface area (Å²) in [5.41, 5.74) is 1.90. The lowest BCUT2D eigenvalue weighted by molar-refractivity contribution is 0.0492. The molecular weight excluding hydrogens is 270 g/mol. The average molecular weight is 287 g/mol. The van der Waals surface area contributed by atoms with Crippen molar-refractivity contribution in [3.8, 4) is 5.75 Å². The van der Waals surface area contributed by atoms with Crippen LogP contribution >= 0.6 is 0 Å². The van der Waals surface area contributed by atoms with E-state index < -0.39 is 6.16 Å². The van der Waals surface area contributed by atoms with Gasteiger partial charge in [-0.3, -0.25) is 4.98 Å². The molecular formula is C16H17NO4. The molecule has 0 atom stereocenters. The number of hydrogen-bond donors (Lipinski definition) is 1. The minimum absolute atomic E-state index is 0.127. The first-order chi connectivity index (χ1) is 10.2. The molecule has 0 aliphatic rings. The molecule has 5 heteroatoms. The van der Waals surface area contributed by atoms with E-state index in [2.05, 4.69) is 4.98 Å². The molecule has 0 saturated carbocycles. The predicted octanol–water partition coefficient (Wildman–Crippen LogP) is 3.07. The third-order valence-corrected chi connectivity index (χ3v) is 2.85. The van der Waals surface area contributed by atoms with Gasteiger partial charge >= 0.3 is 6.16 Å². The van der Waals surface area contributed by atoms with Crippen molar-refractivity contribution in [2.24, 2.45) is 0 Å². The fraction of sp³-hybridized carbons (Fsp3) is 0.250. The maximum Gasteiger partial charge on any atom is 0.508 e. The number of nitrogens with zero attached hydrogens (tertiary/aromatic N) is 1. The van der Waals surface area contributed by atoms with Crippen molar-refractivity contribution in [3.63, 3.8) is 0 Å². The second-order valence-electron chi connectivity index (χ2n) is 4.52. The van der Waals surface area contributed by atoms with Crippen molar-refractivity contribution in [1.29, 1.82) is 0 Å². The van der Waals surface area contributed by atoms with Gasteiger partial charge in [0.1, 0.15) is 12.4 Å². The Hall–Kier alpha value is -2.56. The van der Waals surface area contributed by atoms with Gasteiger partial charge in [-0.05, 0) is 42.2 Å². The molecule has 5 nitrogen and oxygen atoms in total. The first-order valence-electron chi connectivity index (χ1n) is 6.70. The fourth-order valence-corrected chi connectivity index (χ4v) is 1.75. The predicted molar refractivity (Wildman–Crippen MR) is 76.8 cm³/mol. The number of aromatic hydroxyl groups is 1. The normalized spacial score (nSPS) is 10.1. The van der Waals surface area contributed by atoms with E-state index in [1.165, 1.54) is 12.1 Å². The molecule has 0 bridgehead atoms. The highest BCUT2D eigenvalue weighted by atomic mass is 16.7. The summed E-state index contributed by atoms with van der Waals surface area (Å²) < 4.78 is 9.94. The number of aryl methyl sites for hydroxylation is 1. The minimum atomic E-state index is -0.686. The Labute approximate surface area is 123 Å². The molecule has 2 aromatic rings. The van der Waals surface area contributed by atoms with Gasteiger partial charge in [-0.25, -0.2) is 4.79 Å². The van der Waals surface area contributed by atoms with Gasteiger partial charge in [-0.15, -0.1) is 0 Å². The van der Waals surface area contributed by atoms with Gasteiger partial charge < -0.3 is 14.6 Å². The van der Waals surface area contributed by atoms with Crippen molar-refractivity contribution in [3.05, 3.63) is 59.9 Å². The van der Waals surface area contributed by atoms with E-state index in [0.29, 0.717) is 6.61 Å². The van der Waals surface area contributed by atoms with E-state index in [0.717, 1.165) is 24.0 Å². The number of rotatable bonds is 6. The van der Waals surface area contributed by atoms with Crippen molar-refractivity contribution in [2.75, 3.05) is 6.61 Å². The maximum absolute atomic E-state index is 11.4. The van der Waals surface area contributed by atoms with Gasteiger partial charge in [0, 0.05) is 12.4 Å². The van der Waals surface area contributed by atoms with Crippen LogP contribution in [0.5, 0.6) is 5.75 Å². The van der Waals surface area contributed by atoms with Gasteiger partial charge in [0.2, 0.25) is 0 Å². The third kappa shape index (κ3) is 5.52. The van der Waals surface area contributed by atoms with E-state index in [1.807, 2.05) is 12.1 Å². The van der Waals surface area contributed by atoms with E-state index in [9.17, 15) is 4.79 Å². The van der Waals surface area contributed by atoms with Crippen LogP contribution in [0, 0.1) is 0 Å². The van der Waals surface area contributed by atoms with Gasteiger partial charge in [0.15, 0.2) is 0 Å². The molecule has 0 spiro atoms. The molecule has 1 aromatic carbocycles. The summed E-state index contributed by atoms with van der Waals surface area (Å²) in [5.74, 6) is 0.178. The zero-order valence-electron chi connectivity index (χ0n) is 11.6. The Bertz CT molecular complexity index is 554. The summed E-state index contributed by atoms with van der Waals surface area (Å²) in [7, 11) is 0. The highest BCUT2D eigenvalue weighted by molar-refractivity contribution is 5.59. The lowest BCUT2D eigenvalue weighted by atomic mass is 10.2. The summed E-state index contributed by atoms with van der Waals surface area (Å²) in [6, 6.07) is 10.3. The zero-order valence-corrected chi connectivity index (χ0v) is 11.6. The van der Waals surface area contributed by atoms with Crippen molar-refractivity contribution >= 4 is 6.16 Å². The Balaban J connectivity index is 1.60. The monoisotopic (exact) mass is 287 g/mol. The summed E-state index contributed by atoms with van der Waals surface area (Å²) in [5, 5.41) is 9.13. The van der Waals surface area contributed by atoms with Gasteiger partial charge in [-0.1, -0.05) is 18.2 Å². The molecule has 0 radical (unpaired) electrons. The minimum Gasteiger partial charge on any atom is -0.508 e. The second-order valence-corrected chi connectivity index (χ2v) is 4.52. The highest BCUT2D eigenvalue weighted by Crippen LogP contribution is 2.10. The Morgan fingerprint density at radius 2 is 1.90 bits per heavy atom. The molecule has 0 aliphatic heterocycles. The average Bonchev–Trinajstić information content (AvgIpc) is 2.52. The van der Waals surface area contributed by atoms with Gasteiger partial charge in [0.25, 0.3) is 0 Å². The number of hydrogen-bond acceptors (Lipinski definition) is 5. The fourth-order valence-electron chi connectivity index (χ4n) is 1.75. The number of aromatic nitrogens is 1. The summed E-state index contributed by atoms with van der Waals surface area (Å²) >= 11 is 0. The molecule has 1 heterocycles. The molecule has 1 N–H and O–H groups in total. The third-order valence-electron chi connectivity index (χ3n) is 2.85.